The highest BCUT2D eigenvalue weighted by atomic mass is 16.6. The number of methoxy groups -OCH3 is 2. The zero-order chi connectivity index (χ0) is 24.0. The van der Waals surface area contributed by atoms with Gasteiger partial charge in [-0.25, -0.2) is 0 Å². The number of hydrogen-bond donors (Lipinski definition) is 0. The first-order chi connectivity index (χ1) is 17.0. The second-order valence-electron chi connectivity index (χ2n) is 11.3. The van der Waals surface area contributed by atoms with Gasteiger partial charge in [0, 0.05) is 30.0 Å². The molecular formula is C30H35NO4. The van der Waals surface area contributed by atoms with Crippen molar-refractivity contribution in [3.8, 4) is 11.5 Å². The van der Waals surface area contributed by atoms with Gasteiger partial charge in [-0.15, -0.1) is 0 Å². The second-order valence-corrected chi connectivity index (χ2v) is 11.3. The molecule has 1 saturated carbocycles. The van der Waals surface area contributed by atoms with Crippen LogP contribution in [0.1, 0.15) is 36.5 Å². The van der Waals surface area contributed by atoms with Crippen LogP contribution in [-0.2, 0) is 27.9 Å². The largest absolute Gasteiger partial charge is 0.493 e. The molecule has 2 aliphatic heterocycles. The van der Waals surface area contributed by atoms with Crippen LogP contribution >= 0.6 is 0 Å². The van der Waals surface area contributed by atoms with Gasteiger partial charge in [0.2, 0.25) is 0 Å². The molecule has 2 fully saturated rings. The van der Waals surface area contributed by atoms with E-state index in [4.69, 9.17) is 18.9 Å². The van der Waals surface area contributed by atoms with Gasteiger partial charge in [0.15, 0.2) is 11.5 Å². The van der Waals surface area contributed by atoms with Crippen LogP contribution in [0.15, 0.2) is 54.6 Å². The molecule has 0 radical (unpaired) electrons. The summed E-state index contributed by atoms with van der Waals surface area (Å²) in [5, 5.41) is 0. The van der Waals surface area contributed by atoms with Crippen LogP contribution in [0.25, 0.3) is 0 Å². The predicted molar refractivity (Wildman–Crippen MR) is 134 cm³/mol. The second kappa shape index (κ2) is 7.34. The molecule has 0 N–H and O–H groups in total. The van der Waals surface area contributed by atoms with Gasteiger partial charge in [-0.05, 0) is 57.0 Å². The Morgan fingerprint density at radius 3 is 2.71 bits per heavy atom. The first kappa shape index (κ1) is 21.9. The Hall–Kier alpha value is -2.34. The van der Waals surface area contributed by atoms with Crippen LogP contribution in [0.5, 0.6) is 11.5 Å². The fourth-order valence-corrected chi connectivity index (χ4v) is 8.71. The number of piperidine rings is 1. The third-order valence-electron chi connectivity index (χ3n) is 10.3. The van der Waals surface area contributed by atoms with E-state index >= 15 is 0 Å². The van der Waals surface area contributed by atoms with Gasteiger partial charge in [-0.2, -0.15) is 0 Å². The van der Waals surface area contributed by atoms with Crippen LogP contribution in [-0.4, -0.2) is 56.6 Å². The maximum Gasteiger partial charge on any atom is 0.166 e. The minimum atomic E-state index is -0.545. The number of nitrogens with zero attached hydrogens (tertiary/aromatic N) is 1. The molecule has 1 saturated heterocycles. The zero-order valence-corrected chi connectivity index (χ0v) is 21.1. The summed E-state index contributed by atoms with van der Waals surface area (Å²) in [4.78, 5) is 2.59. The van der Waals surface area contributed by atoms with E-state index in [2.05, 4.69) is 67.4 Å². The highest BCUT2D eigenvalue weighted by Crippen LogP contribution is 2.74. The zero-order valence-electron chi connectivity index (χ0n) is 21.1. The Labute approximate surface area is 208 Å². The van der Waals surface area contributed by atoms with Crippen molar-refractivity contribution in [1.82, 2.24) is 4.90 Å². The van der Waals surface area contributed by atoms with Gasteiger partial charge < -0.3 is 23.8 Å². The Morgan fingerprint density at radius 2 is 1.94 bits per heavy atom. The molecule has 7 atom stereocenters. The SMILES string of the molecule is COc1ccc2c3c1O[C@@H]1[C@@]4(OC)C=C[C@@]5(C[C@@H]4[C@@H](C)OCc4ccccc4)[C@@H](C2)N(C)CC[C@]315. The minimum Gasteiger partial charge on any atom is -0.493 e. The number of fused-ring (bicyclic) bond motifs is 1. The number of benzene rings is 2. The molecular weight excluding hydrogens is 438 g/mol. The van der Waals surface area contributed by atoms with E-state index in [0.29, 0.717) is 12.6 Å². The Balaban J connectivity index is 1.36. The lowest BCUT2D eigenvalue weighted by atomic mass is 9.37. The topological polar surface area (TPSA) is 40.2 Å². The molecule has 0 aromatic heterocycles. The molecule has 6 aliphatic rings. The van der Waals surface area contributed by atoms with Gasteiger partial charge >= 0.3 is 0 Å². The summed E-state index contributed by atoms with van der Waals surface area (Å²) < 4.78 is 26.0. The van der Waals surface area contributed by atoms with Crippen LogP contribution in [0.2, 0.25) is 0 Å². The highest BCUT2D eigenvalue weighted by Gasteiger charge is 2.79. The molecule has 5 heteroatoms. The van der Waals surface area contributed by atoms with Crippen molar-refractivity contribution in [2.75, 3.05) is 27.8 Å². The molecule has 8 rings (SSSR count). The summed E-state index contributed by atoms with van der Waals surface area (Å²) in [6.07, 6.45) is 7.95. The van der Waals surface area contributed by atoms with E-state index in [9.17, 15) is 0 Å². The van der Waals surface area contributed by atoms with Gasteiger partial charge in [0.25, 0.3) is 0 Å². The monoisotopic (exact) mass is 473 g/mol. The summed E-state index contributed by atoms with van der Waals surface area (Å²) >= 11 is 0. The van der Waals surface area contributed by atoms with Crippen molar-refractivity contribution < 1.29 is 18.9 Å². The van der Waals surface area contributed by atoms with Crippen molar-refractivity contribution in [3.63, 3.8) is 0 Å². The fourth-order valence-electron chi connectivity index (χ4n) is 8.71. The van der Waals surface area contributed by atoms with Crippen molar-refractivity contribution in [1.29, 1.82) is 0 Å². The van der Waals surface area contributed by atoms with Gasteiger partial charge in [0.1, 0.15) is 11.7 Å². The molecule has 4 bridgehead atoms. The first-order valence-corrected chi connectivity index (χ1v) is 13.0. The van der Waals surface area contributed by atoms with Gasteiger partial charge in [-0.1, -0.05) is 48.6 Å². The summed E-state index contributed by atoms with van der Waals surface area (Å²) in [5.41, 5.74) is 3.37. The Kier molecular flexibility index (Phi) is 4.60. The fraction of sp³-hybridized carbons (Fsp3) is 0.533. The molecule has 0 unspecified atom stereocenters. The molecule has 184 valence electrons. The van der Waals surface area contributed by atoms with Gasteiger partial charge in [-0.3, -0.25) is 0 Å². The minimum absolute atomic E-state index is 0.00933. The number of rotatable bonds is 6. The summed E-state index contributed by atoms with van der Waals surface area (Å²) in [6, 6.07) is 15.3. The molecule has 0 amide bonds. The van der Waals surface area contributed by atoms with Crippen molar-refractivity contribution in [2.45, 2.75) is 62.1 Å². The molecule has 5 nitrogen and oxygen atoms in total. The number of hydrogen-bond acceptors (Lipinski definition) is 5. The normalized spacial score (nSPS) is 38.7. The molecule has 35 heavy (non-hydrogen) atoms. The average Bonchev–Trinajstić information content (AvgIpc) is 3.27. The maximum atomic E-state index is 7.03. The van der Waals surface area contributed by atoms with Crippen LogP contribution in [0.3, 0.4) is 0 Å². The van der Waals surface area contributed by atoms with E-state index in [-0.39, 0.29) is 29.0 Å². The lowest BCUT2D eigenvalue weighted by molar-refractivity contribution is -0.234. The van der Waals surface area contributed by atoms with Crippen LogP contribution in [0, 0.1) is 11.3 Å². The van der Waals surface area contributed by atoms with E-state index in [1.807, 2.05) is 13.2 Å². The molecule has 2 spiro atoms. The number of ether oxygens (including phenoxy) is 4. The lowest BCUT2D eigenvalue weighted by Crippen LogP contribution is -2.79. The third-order valence-corrected chi connectivity index (χ3v) is 10.3. The highest BCUT2D eigenvalue weighted by molar-refractivity contribution is 5.65. The van der Waals surface area contributed by atoms with Crippen molar-refractivity contribution in [2.24, 2.45) is 11.3 Å². The molecule has 2 aromatic carbocycles. The first-order valence-electron chi connectivity index (χ1n) is 13.0. The molecule has 4 aliphatic carbocycles. The van der Waals surface area contributed by atoms with E-state index in [1.54, 1.807) is 7.11 Å². The third kappa shape index (κ3) is 2.49. The maximum absolute atomic E-state index is 7.03. The number of likely N-dealkylation sites (tertiary alicyclic amines) is 1. The summed E-state index contributed by atoms with van der Waals surface area (Å²) in [5.74, 6) is 1.98. The molecule has 2 heterocycles. The summed E-state index contributed by atoms with van der Waals surface area (Å²) in [7, 11) is 5.91. The van der Waals surface area contributed by atoms with Crippen LogP contribution < -0.4 is 9.47 Å². The standard InChI is InChI=1S/C30H35NO4/c1-19(34-18-20-8-6-5-7-9-20)22-17-28-12-13-30(22,33-4)27-29(28)14-15-31(2)24(28)16-21-10-11-23(32-3)26(35-27)25(21)29/h5-13,19,22,24,27H,14-18H2,1-4H3/t19-,22-,24-,27+,28-,29+,30-/m1/s1. The van der Waals surface area contributed by atoms with E-state index in [0.717, 1.165) is 37.3 Å². The Bertz CT molecular complexity index is 1200. The lowest BCUT2D eigenvalue weighted by Gasteiger charge is -2.71. The predicted octanol–water partition coefficient (Wildman–Crippen LogP) is 4.52. The van der Waals surface area contributed by atoms with Gasteiger partial charge in [0.05, 0.1) is 25.2 Å². The van der Waals surface area contributed by atoms with Crippen molar-refractivity contribution >= 4 is 0 Å². The van der Waals surface area contributed by atoms with E-state index in [1.165, 1.54) is 16.7 Å². The quantitative estimate of drug-likeness (QED) is 0.577. The Morgan fingerprint density at radius 1 is 1.11 bits per heavy atom. The summed E-state index contributed by atoms with van der Waals surface area (Å²) in [6.45, 7) is 3.90. The van der Waals surface area contributed by atoms with Crippen molar-refractivity contribution in [3.05, 3.63) is 71.3 Å². The smallest absolute Gasteiger partial charge is 0.166 e. The number of likely N-dealkylation sites (N-methyl/N-ethyl adjacent to an activating group) is 1. The molecule has 2 aromatic rings. The van der Waals surface area contributed by atoms with Crippen LogP contribution in [0.4, 0.5) is 0 Å². The average molecular weight is 474 g/mol. The van der Waals surface area contributed by atoms with E-state index < -0.39 is 5.60 Å².